The van der Waals surface area contributed by atoms with Crippen molar-refractivity contribution in [2.24, 2.45) is 0 Å². The molecule has 4 rings (SSSR count). The number of piperazine rings is 2. The fourth-order valence-electron chi connectivity index (χ4n) is 4.12. The number of anilines is 1. The molecule has 0 radical (unpaired) electrons. The summed E-state index contributed by atoms with van der Waals surface area (Å²) in [4.78, 5) is 24.3. The zero-order chi connectivity index (χ0) is 19.3. The third-order valence-electron chi connectivity index (χ3n) is 5.87. The Hall–Kier alpha value is -1.86. The lowest BCUT2D eigenvalue weighted by Crippen LogP contribution is -2.48. The van der Waals surface area contributed by atoms with Crippen LogP contribution in [0.15, 0.2) is 48.8 Å². The van der Waals surface area contributed by atoms with Crippen LogP contribution < -0.4 is 10.2 Å². The van der Waals surface area contributed by atoms with Gasteiger partial charge in [0.05, 0.1) is 6.04 Å². The summed E-state index contributed by atoms with van der Waals surface area (Å²) in [6.45, 7) is 9.91. The standard InChI is InChI=1S/C22H29N5O.2ClH/c1-2-25-12-14-26(15-13-25)20-7-5-18(6-8-20)22(28)27-11-10-24-17-21(27)19-4-3-9-23-16-19;;/h3-9,16,21,24H,2,10-15,17H2,1H3;2*1H. The number of carbonyl (C=O) groups is 1. The fourth-order valence-corrected chi connectivity index (χ4v) is 4.12. The number of amides is 1. The Morgan fingerprint density at radius 3 is 2.43 bits per heavy atom. The van der Waals surface area contributed by atoms with E-state index in [0.717, 1.165) is 56.9 Å². The average Bonchev–Trinajstić information content (AvgIpc) is 2.79. The highest BCUT2D eigenvalue weighted by Gasteiger charge is 2.28. The van der Waals surface area contributed by atoms with Crippen LogP contribution in [0.25, 0.3) is 0 Å². The van der Waals surface area contributed by atoms with E-state index in [9.17, 15) is 4.79 Å². The van der Waals surface area contributed by atoms with Gasteiger partial charge in [-0.15, -0.1) is 24.8 Å². The Morgan fingerprint density at radius 1 is 1.07 bits per heavy atom. The highest BCUT2D eigenvalue weighted by atomic mass is 35.5. The molecule has 6 nitrogen and oxygen atoms in total. The molecule has 2 aromatic rings. The number of hydrogen-bond acceptors (Lipinski definition) is 5. The molecule has 0 bridgehead atoms. The van der Waals surface area contributed by atoms with Crippen molar-refractivity contribution in [3.63, 3.8) is 0 Å². The van der Waals surface area contributed by atoms with Crippen molar-refractivity contribution in [3.8, 4) is 0 Å². The molecule has 8 heteroatoms. The average molecular weight is 452 g/mol. The first-order valence-electron chi connectivity index (χ1n) is 10.2. The maximum atomic E-state index is 13.2. The first kappa shape index (κ1) is 24.4. The smallest absolute Gasteiger partial charge is 0.254 e. The van der Waals surface area contributed by atoms with E-state index in [2.05, 4.69) is 39.2 Å². The van der Waals surface area contributed by atoms with E-state index in [1.54, 1.807) is 6.20 Å². The van der Waals surface area contributed by atoms with E-state index < -0.39 is 0 Å². The van der Waals surface area contributed by atoms with Gasteiger partial charge in [0, 0.05) is 69.5 Å². The number of nitrogens with zero attached hydrogens (tertiary/aromatic N) is 4. The van der Waals surface area contributed by atoms with Gasteiger partial charge in [0.15, 0.2) is 0 Å². The van der Waals surface area contributed by atoms with Gasteiger partial charge in [0.25, 0.3) is 5.91 Å². The third kappa shape index (κ3) is 5.43. The molecule has 0 spiro atoms. The molecule has 2 fully saturated rings. The molecular formula is C22H31Cl2N5O. The number of aromatic nitrogens is 1. The minimum Gasteiger partial charge on any atom is -0.369 e. The van der Waals surface area contributed by atoms with Gasteiger partial charge in [-0.1, -0.05) is 13.0 Å². The second-order valence-electron chi connectivity index (χ2n) is 7.47. The lowest BCUT2D eigenvalue weighted by molar-refractivity contribution is 0.0634. The van der Waals surface area contributed by atoms with Crippen LogP contribution in [-0.4, -0.2) is 73.0 Å². The predicted octanol–water partition coefficient (Wildman–Crippen LogP) is 2.85. The third-order valence-corrected chi connectivity index (χ3v) is 5.87. The molecule has 2 saturated heterocycles. The van der Waals surface area contributed by atoms with Gasteiger partial charge in [-0.2, -0.15) is 0 Å². The Kier molecular flexibility index (Phi) is 9.37. The van der Waals surface area contributed by atoms with E-state index in [1.165, 1.54) is 5.69 Å². The summed E-state index contributed by atoms with van der Waals surface area (Å²) in [5, 5.41) is 3.40. The van der Waals surface area contributed by atoms with Crippen molar-refractivity contribution in [2.75, 3.05) is 57.3 Å². The van der Waals surface area contributed by atoms with E-state index in [1.807, 2.05) is 35.4 Å². The minimum absolute atomic E-state index is 0. The number of benzene rings is 1. The summed E-state index contributed by atoms with van der Waals surface area (Å²) in [7, 11) is 0. The van der Waals surface area contributed by atoms with Crippen LogP contribution in [0.5, 0.6) is 0 Å². The van der Waals surface area contributed by atoms with Gasteiger partial charge in [-0.3, -0.25) is 9.78 Å². The van der Waals surface area contributed by atoms with Crippen molar-refractivity contribution >= 4 is 36.4 Å². The lowest BCUT2D eigenvalue weighted by atomic mass is 10.0. The summed E-state index contributed by atoms with van der Waals surface area (Å²) < 4.78 is 0. The Balaban J connectivity index is 0.00000160. The molecule has 1 amide bonds. The maximum Gasteiger partial charge on any atom is 0.254 e. The molecule has 1 aromatic carbocycles. The van der Waals surface area contributed by atoms with Crippen LogP contribution >= 0.6 is 24.8 Å². The van der Waals surface area contributed by atoms with Crippen LogP contribution in [-0.2, 0) is 0 Å². The second kappa shape index (κ2) is 11.5. The molecule has 1 unspecified atom stereocenters. The molecule has 2 aliphatic heterocycles. The van der Waals surface area contributed by atoms with Crippen molar-refractivity contribution in [1.82, 2.24) is 20.1 Å². The zero-order valence-corrected chi connectivity index (χ0v) is 19.0. The minimum atomic E-state index is 0. The number of hydrogen-bond donors (Lipinski definition) is 1. The monoisotopic (exact) mass is 451 g/mol. The summed E-state index contributed by atoms with van der Waals surface area (Å²) in [6.07, 6.45) is 3.63. The summed E-state index contributed by atoms with van der Waals surface area (Å²) in [5.74, 6) is 0.0951. The van der Waals surface area contributed by atoms with Gasteiger partial charge >= 0.3 is 0 Å². The maximum absolute atomic E-state index is 13.2. The first-order valence-corrected chi connectivity index (χ1v) is 10.2. The van der Waals surface area contributed by atoms with Gasteiger partial charge in [-0.05, 0) is 42.4 Å². The largest absolute Gasteiger partial charge is 0.369 e. The molecule has 0 aliphatic carbocycles. The molecular weight excluding hydrogens is 421 g/mol. The number of nitrogens with one attached hydrogen (secondary N) is 1. The lowest BCUT2D eigenvalue weighted by Gasteiger charge is -2.37. The number of carbonyl (C=O) groups excluding carboxylic acids is 1. The van der Waals surface area contributed by atoms with Gasteiger partial charge < -0.3 is 20.0 Å². The molecule has 1 N–H and O–H groups in total. The summed E-state index contributed by atoms with van der Waals surface area (Å²) >= 11 is 0. The van der Waals surface area contributed by atoms with Crippen molar-refractivity contribution < 1.29 is 4.79 Å². The summed E-state index contributed by atoms with van der Waals surface area (Å²) in [6, 6.07) is 12.1. The first-order chi connectivity index (χ1) is 13.8. The van der Waals surface area contributed by atoms with Gasteiger partial charge in [-0.25, -0.2) is 0 Å². The van der Waals surface area contributed by atoms with E-state index in [0.29, 0.717) is 6.54 Å². The SMILES string of the molecule is CCN1CCN(c2ccc(C(=O)N3CCNCC3c3cccnc3)cc2)CC1.Cl.Cl. The number of pyridine rings is 1. The highest BCUT2D eigenvalue weighted by molar-refractivity contribution is 5.95. The number of likely N-dealkylation sites (N-methyl/N-ethyl adjacent to an activating group) is 1. The van der Waals surface area contributed by atoms with Gasteiger partial charge in [0.1, 0.15) is 0 Å². The predicted molar refractivity (Wildman–Crippen MR) is 126 cm³/mol. The van der Waals surface area contributed by atoms with Crippen LogP contribution in [0.3, 0.4) is 0 Å². The topological polar surface area (TPSA) is 51.7 Å². The van der Waals surface area contributed by atoms with Gasteiger partial charge in [0.2, 0.25) is 0 Å². The molecule has 164 valence electrons. The molecule has 3 heterocycles. The van der Waals surface area contributed by atoms with Crippen LogP contribution in [0, 0.1) is 0 Å². The Bertz CT molecular complexity index is 782. The summed E-state index contributed by atoms with van der Waals surface area (Å²) in [5.41, 5.74) is 3.04. The molecule has 30 heavy (non-hydrogen) atoms. The number of halogens is 2. The quantitative estimate of drug-likeness (QED) is 0.774. The molecule has 1 atom stereocenters. The van der Waals surface area contributed by atoms with E-state index >= 15 is 0 Å². The van der Waals surface area contributed by atoms with Crippen LogP contribution in [0.4, 0.5) is 5.69 Å². The molecule has 2 aliphatic rings. The van der Waals surface area contributed by atoms with Crippen molar-refractivity contribution in [3.05, 3.63) is 59.9 Å². The van der Waals surface area contributed by atoms with Crippen LogP contribution in [0.1, 0.15) is 28.9 Å². The van der Waals surface area contributed by atoms with Crippen molar-refractivity contribution in [2.45, 2.75) is 13.0 Å². The Labute approximate surface area is 191 Å². The zero-order valence-electron chi connectivity index (χ0n) is 17.4. The molecule has 0 saturated carbocycles. The normalized spacial score (nSPS) is 19.6. The fraction of sp³-hybridized carbons (Fsp3) is 0.455. The van der Waals surface area contributed by atoms with E-state index in [4.69, 9.17) is 0 Å². The van der Waals surface area contributed by atoms with Crippen molar-refractivity contribution in [1.29, 1.82) is 0 Å². The number of rotatable bonds is 4. The van der Waals surface area contributed by atoms with E-state index in [-0.39, 0.29) is 36.8 Å². The Morgan fingerprint density at radius 2 is 1.80 bits per heavy atom. The molecule has 1 aromatic heterocycles. The second-order valence-corrected chi connectivity index (χ2v) is 7.47. The highest BCUT2D eigenvalue weighted by Crippen LogP contribution is 2.25. The van der Waals surface area contributed by atoms with Crippen LogP contribution in [0.2, 0.25) is 0 Å².